The van der Waals surface area contributed by atoms with Crippen LogP contribution in [0.3, 0.4) is 0 Å². The first kappa shape index (κ1) is 17.6. The molecule has 136 valence electrons. The second-order valence-corrected chi connectivity index (χ2v) is 6.43. The second-order valence-electron chi connectivity index (χ2n) is 6.43. The maximum Gasteiger partial charge on any atom is 0.335 e. The number of aliphatic carboxylic acids is 1. The highest BCUT2D eigenvalue weighted by atomic mass is 16.7. The zero-order chi connectivity index (χ0) is 18.5. The van der Waals surface area contributed by atoms with E-state index in [4.69, 9.17) is 19.3 Å². The number of hydrogen-bond acceptors (Lipinski definition) is 8. The second kappa shape index (κ2) is 5.95. The number of para-hydroxylation sites is 1. The monoisotopic (exact) mass is 354 g/mol. The van der Waals surface area contributed by atoms with Crippen molar-refractivity contribution in [2.75, 3.05) is 0 Å². The Balaban J connectivity index is 1.89. The minimum atomic E-state index is -1.81. The van der Waals surface area contributed by atoms with Gasteiger partial charge in [-0.2, -0.15) is 0 Å². The zero-order valence-electron chi connectivity index (χ0n) is 13.4. The molecule has 0 bridgehead atoms. The van der Waals surface area contributed by atoms with Gasteiger partial charge in [0.1, 0.15) is 18.3 Å². The van der Waals surface area contributed by atoms with Crippen molar-refractivity contribution in [3.05, 3.63) is 23.8 Å². The van der Waals surface area contributed by atoms with E-state index in [0.717, 1.165) is 0 Å². The van der Waals surface area contributed by atoms with Gasteiger partial charge in [0.2, 0.25) is 12.1 Å². The number of hydrogen-bond donors (Lipinski definition) is 4. The van der Waals surface area contributed by atoms with Crippen molar-refractivity contribution in [3.8, 4) is 11.5 Å². The van der Waals surface area contributed by atoms with Crippen LogP contribution in [0.4, 0.5) is 0 Å². The van der Waals surface area contributed by atoms with Crippen LogP contribution in [0.1, 0.15) is 24.2 Å². The lowest BCUT2D eigenvalue weighted by atomic mass is 9.99. The lowest BCUT2D eigenvalue weighted by molar-refractivity contribution is -0.271. The predicted molar refractivity (Wildman–Crippen MR) is 80.4 cm³/mol. The van der Waals surface area contributed by atoms with E-state index in [1.807, 2.05) is 0 Å². The fourth-order valence-corrected chi connectivity index (χ4v) is 2.79. The Labute approximate surface area is 142 Å². The van der Waals surface area contributed by atoms with Crippen molar-refractivity contribution in [1.29, 1.82) is 0 Å². The van der Waals surface area contributed by atoms with Crippen molar-refractivity contribution in [2.45, 2.75) is 50.2 Å². The Morgan fingerprint density at radius 1 is 1.16 bits per heavy atom. The summed E-state index contributed by atoms with van der Waals surface area (Å²) in [5.41, 5.74) is -0.809. The van der Waals surface area contributed by atoms with Crippen molar-refractivity contribution < 1.29 is 44.2 Å². The van der Waals surface area contributed by atoms with E-state index in [2.05, 4.69) is 0 Å². The predicted octanol–water partition coefficient (Wildman–Crippen LogP) is -0.689. The van der Waals surface area contributed by atoms with Crippen LogP contribution in [0.25, 0.3) is 0 Å². The largest absolute Gasteiger partial charge is 0.479 e. The smallest absolute Gasteiger partial charge is 0.335 e. The third kappa shape index (κ3) is 2.85. The molecular weight excluding hydrogens is 336 g/mol. The van der Waals surface area contributed by atoms with Gasteiger partial charge in [-0.3, -0.25) is 4.79 Å². The van der Waals surface area contributed by atoms with Crippen LogP contribution in [0.15, 0.2) is 18.2 Å². The van der Waals surface area contributed by atoms with Gasteiger partial charge in [-0.15, -0.1) is 0 Å². The summed E-state index contributed by atoms with van der Waals surface area (Å²) in [6.07, 6.45) is -8.65. The van der Waals surface area contributed by atoms with Crippen molar-refractivity contribution >= 4 is 11.8 Å². The molecular formula is C16H18O9. The number of carboxylic acids is 1. The highest BCUT2D eigenvalue weighted by Gasteiger charge is 2.49. The summed E-state index contributed by atoms with van der Waals surface area (Å²) >= 11 is 0. The molecule has 1 saturated heterocycles. The van der Waals surface area contributed by atoms with Crippen molar-refractivity contribution in [3.63, 3.8) is 0 Å². The molecule has 2 aliphatic rings. The zero-order valence-corrected chi connectivity index (χ0v) is 13.4. The summed E-state index contributed by atoms with van der Waals surface area (Å²) in [5.74, 6) is -1.58. The average Bonchev–Trinajstić information content (AvgIpc) is 2.78. The first-order chi connectivity index (χ1) is 11.6. The van der Waals surface area contributed by atoms with Crippen LogP contribution in [0, 0.1) is 0 Å². The molecule has 4 N–H and O–H groups in total. The molecule has 0 amide bonds. The van der Waals surface area contributed by atoms with Gasteiger partial charge in [-0.25, -0.2) is 4.79 Å². The molecule has 0 spiro atoms. The van der Waals surface area contributed by atoms with E-state index in [-0.39, 0.29) is 22.8 Å². The van der Waals surface area contributed by atoms with Gasteiger partial charge in [0.15, 0.2) is 23.2 Å². The third-order valence-corrected chi connectivity index (χ3v) is 4.18. The van der Waals surface area contributed by atoms with E-state index in [1.54, 1.807) is 19.9 Å². The fraction of sp³-hybridized carbons (Fsp3) is 0.500. The van der Waals surface area contributed by atoms with Gasteiger partial charge < -0.3 is 34.6 Å². The summed E-state index contributed by atoms with van der Waals surface area (Å²) in [6.45, 7) is 3.18. The molecule has 9 nitrogen and oxygen atoms in total. The lowest BCUT2D eigenvalue weighted by Gasteiger charge is -2.38. The Morgan fingerprint density at radius 3 is 2.48 bits per heavy atom. The standard InChI is InChI=1S/C16H18O9/c1-16(2)13(20)6-4-3-5-7(11(6)25-16)23-15-10(19)8(17)9(18)12(24-15)14(21)22/h3-5,8-10,12,15,17-19H,1-2H3,(H,21,22)/t8-,9-,10+,12-,15+/m0/s1. The van der Waals surface area contributed by atoms with Crippen LogP contribution >= 0.6 is 0 Å². The minimum Gasteiger partial charge on any atom is -0.479 e. The van der Waals surface area contributed by atoms with E-state index >= 15 is 0 Å². The van der Waals surface area contributed by atoms with Crippen LogP contribution in [0.5, 0.6) is 11.5 Å². The van der Waals surface area contributed by atoms with Crippen LogP contribution in [0.2, 0.25) is 0 Å². The molecule has 25 heavy (non-hydrogen) atoms. The first-order valence-corrected chi connectivity index (χ1v) is 7.59. The van der Waals surface area contributed by atoms with E-state index in [0.29, 0.717) is 0 Å². The Hall–Kier alpha value is -2.20. The van der Waals surface area contributed by atoms with Gasteiger partial charge in [-0.1, -0.05) is 6.07 Å². The highest BCUT2D eigenvalue weighted by Crippen LogP contribution is 2.42. The van der Waals surface area contributed by atoms with Crippen molar-refractivity contribution in [2.24, 2.45) is 0 Å². The molecule has 1 aromatic carbocycles. The maximum atomic E-state index is 12.3. The Bertz CT molecular complexity index is 714. The number of carboxylic acid groups (broad SMARTS) is 1. The molecule has 0 saturated carbocycles. The molecule has 2 heterocycles. The quantitative estimate of drug-likeness (QED) is 0.554. The lowest BCUT2D eigenvalue weighted by Crippen LogP contribution is -2.61. The number of ether oxygens (including phenoxy) is 3. The van der Waals surface area contributed by atoms with E-state index < -0.39 is 42.3 Å². The number of aliphatic hydroxyl groups is 3. The molecule has 2 aliphatic heterocycles. The fourth-order valence-electron chi connectivity index (χ4n) is 2.79. The SMILES string of the molecule is CC1(C)Oc2c(O[C@@H]3O[C@H](C(=O)O)[C@@H](O)[C@H](O)[C@H]3O)cccc2C1=O. The number of fused-ring (bicyclic) bond motifs is 1. The number of carbonyl (C=O) groups is 2. The van der Waals surface area contributed by atoms with Gasteiger partial charge in [0, 0.05) is 0 Å². The molecule has 5 atom stereocenters. The Morgan fingerprint density at radius 2 is 1.84 bits per heavy atom. The topological polar surface area (TPSA) is 143 Å². The Kier molecular flexibility index (Phi) is 4.20. The number of benzene rings is 1. The molecule has 1 aromatic rings. The molecule has 1 fully saturated rings. The summed E-state index contributed by atoms with van der Waals surface area (Å²) in [5, 5.41) is 38.6. The number of Topliss-reactive ketones (excluding diaryl/α,β-unsaturated/α-hetero) is 1. The summed E-state index contributed by atoms with van der Waals surface area (Å²) in [6, 6.07) is 4.54. The first-order valence-electron chi connectivity index (χ1n) is 7.59. The maximum absolute atomic E-state index is 12.3. The van der Waals surface area contributed by atoms with Crippen molar-refractivity contribution in [1.82, 2.24) is 0 Å². The van der Waals surface area contributed by atoms with Crippen LogP contribution in [-0.4, -0.2) is 68.5 Å². The molecule has 0 unspecified atom stereocenters. The van der Waals surface area contributed by atoms with Gasteiger partial charge in [0.05, 0.1) is 5.56 Å². The third-order valence-electron chi connectivity index (χ3n) is 4.18. The molecule has 0 aromatic heterocycles. The highest BCUT2D eigenvalue weighted by molar-refractivity contribution is 6.07. The average molecular weight is 354 g/mol. The number of aliphatic hydroxyl groups excluding tert-OH is 3. The summed E-state index contributed by atoms with van der Waals surface area (Å²) < 4.78 is 16.1. The summed E-state index contributed by atoms with van der Waals surface area (Å²) in [7, 11) is 0. The minimum absolute atomic E-state index is 0.0493. The van der Waals surface area contributed by atoms with Gasteiger partial charge in [0.25, 0.3) is 0 Å². The molecule has 9 heteroatoms. The van der Waals surface area contributed by atoms with Gasteiger partial charge >= 0.3 is 5.97 Å². The van der Waals surface area contributed by atoms with Crippen LogP contribution in [-0.2, 0) is 9.53 Å². The van der Waals surface area contributed by atoms with E-state index in [9.17, 15) is 24.9 Å². The number of carbonyl (C=O) groups excluding carboxylic acids is 1. The van der Waals surface area contributed by atoms with Crippen LogP contribution < -0.4 is 9.47 Å². The molecule has 3 rings (SSSR count). The number of rotatable bonds is 3. The molecule has 0 radical (unpaired) electrons. The normalized spacial score (nSPS) is 33.5. The van der Waals surface area contributed by atoms with E-state index in [1.165, 1.54) is 12.1 Å². The van der Waals surface area contributed by atoms with Gasteiger partial charge in [-0.05, 0) is 26.0 Å². The summed E-state index contributed by atoms with van der Waals surface area (Å²) in [4.78, 5) is 23.4. The molecule has 0 aliphatic carbocycles. The number of ketones is 1.